The van der Waals surface area contributed by atoms with Crippen LogP contribution >= 0.6 is 11.6 Å². The molecule has 1 fully saturated rings. The molecular formula is C25H30ClNO4. The van der Waals surface area contributed by atoms with Gasteiger partial charge in [-0.25, -0.2) is 0 Å². The number of fused-ring (bicyclic) bond motifs is 1. The molecular weight excluding hydrogens is 414 g/mol. The van der Waals surface area contributed by atoms with Crippen LogP contribution in [0.4, 0.5) is 0 Å². The molecule has 2 aliphatic rings. The lowest BCUT2D eigenvalue weighted by Crippen LogP contribution is -2.49. The van der Waals surface area contributed by atoms with E-state index in [2.05, 4.69) is 5.32 Å². The van der Waals surface area contributed by atoms with Crippen molar-refractivity contribution in [1.82, 2.24) is 5.32 Å². The molecule has 1 amide bonds. The van der Waals surface area contributed by atoms with Gasteiger partial charge in [0.05, 0.1) is 19.3 Å². The van der Waals surface area contributed by atoms with Crippen LogP contribution in [-0.2, 0) is 11.2 Å². The van der Waals surface area contributed by atoms with Crippen LogP contribution in [0.2, 0.25) is 5.02 Å². The summed E-state index contributed by atoms with van der Waals surface area (Å²) in [6.45, 7) is 3.96. The molecule has 1 aliphatic heterocycles. The quantitative estimate of drug-likeness (QED) is 0.602. The van der Waals surface area contributed by atoms with Crippen molar-refractivity contribution in [1.29, 1.82) is 0 Å². The number of ether oxygens (including phenoxy) is 3. The van der Waals surface area contributed by atoms with E-state index in [9.17, 15) is 4.79 Å². The first-order valence-corrected chi connectivity index (χ1v) is 11.4. The van der Waals surface area contributed by atoms with E-state index in [-0.39, 0.29) is 23.7 Å². The highest BCUT2D eigenvalue weighted by Crippen LogP contribution is 2.49. The van der Waals surface area contributed by atoms with Gasteiger partial charge in [0.25, 0.3) is 0 Å². The van der Waals surface area contributed by atoms with Gasteiger partial charge in [-0.1, -0.05) is 23.7 Å². The first-order valence-electron chi connectivity index (χ1n) is 11.0. The largest absolute Gasteiger partial charge is 0.493 e. The summed E-state index contributed by atoms with van der Waals surface area (Å²) in [5.41, 5.74) is 1.78. The zero-order chi connectivity index (χ0) is 22.0. The number of benzene rings is 2. The summed E-state index contributed by atoms with van der Waals surface area (Å²) in [5, 5.41) is 3.89. The van der Waals surface area contributed by atoms with Crippen LogP contribution in [0.25, 0.3) is 0 Å². The molecule has 1 spiro atoms. The highest BCUT2D eigenvalue weighted by Gasteiger charge is 2.45. The Bertz CT molecular complexity index is 955. The fraction of sp³-hybridized carbons (Fsp3) is 0.480. The van der Waals surface area contributed by atoms with Gasteiger partial charge in [-0.05, 0) is 69.4 Å². The number of hydrogen-bond acceptors (Lipinski definition) is 4. The predicted octanol–water partition coefficient (Wildman–Crippen LogP) is 5.63. The second-order valence-corrected chi connectivity index (χ2v) is 9.20. The zero-order valence-corrected chi connectivity index (χ0v) is 19.1. The number of carbonyl (C=O) groups excluding carboxylic acids is 1. The Kier molecular flexibility index (Phi) is 6.33. The predicted molar refractivity (Wildman–Crippen MR) is 121 cm³/mol. The van der Waals surface area contributed by atoms with Crippen LogP contribution in [-0.4, -0.2) is 24.7 Å². The molecule has 5 nitrogen and oxygen atoms in total. The third kappa shape index (κ3) is 4.77. The maximum Gasteiger partial charge on any atom is 0.220 e. The Morgan fingerprint density at radius 1 is 1.29 bits per heavy atom. The molecule has 166 valence electrons. The van der Waals surface area contributed by atoms with E-state index in [1.165, 1.54) is 0 Å². The number of amides is 1. The number of hydrogen-bond donors (Lipinski definition) is 1. The maximum absolute atomic E-state index is 12.9. The summed E-state index contributed by atoms with van der Waals surface area (Å²) < 4.78 is 17.7. The van der Waals surface area contributed by atoms with E-state index in [1.54, 1.807) is 7.11 Å². The Balaban J connectivity index is 1.47. The number of para-hydroxylation sites is 1. The van der Waals surface area contributed by atoms with Crippen molar-refractivity contribution in [2.24, 2.45) is 0 Å². The standard InChI is InChI=1S/C25H30ClNO4/c1-16(2)30-24-17(6-4-7-22(24)29-3)8-11-23(28)27-20-15-25(12-5-13-25)31-21-10-9-18(26)14-19(20)21/h4,6-7,9-10,14,16,20H,5,8,11-13,15H2,1-3H3,(H,27,28). The molecule has 0 saturated heterocycles. The van der Waals surface area contributed by atoms with Crippen LogP contribution in [0.15, 0.2) is 36.4 Å². The number of methoxy groups -OCH3 is 1. The molecule has 2 aromatic carbocycles. The molecule has 6 heteroatoms. The SMILES string of the molecule is COc1cccc(CCC(=O)NC2CC3(CCC3)Oc3ccc(Cl)cc32)c1OC(C)C. The first-order chi connectivity index (χ1) is 14.9. The number of aryl methyl sites for hydroxylation is 1. The van der Waals surface area contributed by atoms with Gasteiger partial charge < -0.3 is 19.5 Å². The summed E-state index contributed by atoms with van der Waals surface area (Å²) in [6, 6.07) is 11.4. The summed E-state index contributed by atoms with van der Waals surface area (Å²) >= 11 is 6.23. The van der Waals surface area contributed by atoms with E-state index in [1.807, 2.05) is 50.2 Å². The Morgan fingerprint density at radius 3 is 2.77 bits per heavy atom. The third-order valence-corrected chi connectivity index (χ3v) is 6.34. The minimum atomic E-state index is -0.149. The molecule has 1 saturated carbocycles. The van der Waals surface area contributed by atoms with Gasteiger partial charge in [0.15, 0.2) is 11.5 Å². The molecule has 1 atom stereocenters. The Morgan fingerprint density at radius 2 is 2.10 bits per heavy atom. The van der Waals surface area contributed by atoms with Crippen molar-refractivity contribution < 1.29 is 19.0 Å². The van der Waals surface area contributed by atoms with Crippen molar-refractivity contribution in [2.45, 2.75) is 70.1 Å². The highest BCUT2D eigenvalue weighted by molar-refractivity contribution is 6.30. The van der Waals surface area contributed by atoms with Crippen LogP contribution in [0, 0.1) is 0 Å². The van der Waals surface area contributed by atoms with Crippen molar-refractivity contribution in [3.63, 3.8) is 0 Å². The van der Waals surface area contributed by atoms with Gasteiger partial charge in [0.1, 0.15) is 11.4 Å². The number of rotatable bonds is 7. The summed E-state index contributed by atoms with van der Waals surface area (Å²) in [7, 11) is 1.63. The van der Waals surface area contributed by atoms with Gasteiger partial charge in [-0.2, -0.15) is 0 Å². The van der Waals surface area contributed by atoms with Crippen LogP contribution in [0.3, 0.4) is 0 Å². The molecule has 0 aromatic heterocycles. The maximum atomic E-state index is 12.9. The van der Waals surface area contributed by atoms with Gasteiger partial charge in [-0.15, -0.1) is 0 Å². The smallest absolute Gasteiger partial charge is 0.220 e. The molecule has 1 unspecified atom stereocenters. The van der Waals surface area contributed by atoms with Crippen molar-refractivity contribution in [3.8, 4) is 17.2 Å². The number of halogens is 1. The van der Waals surface area contributed by atoms with Crippen LogP contribution in [0.5, 0.6) is 17.2 Å². The third-order valence-electron chi connectivity index (χ3n) is 6.11. The fourth-order valence-corrected chi connectivity index (χ4v) is 4.63. The fourth-order valence-electron chi connectivity index (χ4n) is 4.45. The normalized spacial score (nSPS) is 18.7. The van der Waals surface area contributed by atoms with E-state index in [0.717, 1.165) is 42.6 Å². The molecule has 0 bridgehead atoms. The van der Waals surface area contributed by atoms with Gasteiger partial charge in [0, 0.05) is 23.4 Å². The zero-order valence-electron chi connectivity index (χ0n) is 18.4. The average molecular weight is 444 g/mol. The molecule has 1 aliphatic carbocycles. The van der Waals surface area contributed by atoms with E-state index in [0.29, 0.717) is 29.4 Å². The van der Waals surface area contributed by atoms with E-state index in [4.69, 9.17) is 25.8 Å². The average Bonchev–Trinajstić information content (AvgIpc) is 2.71. The molecule has 1 N–H and O–H groups in total. The molecule has 2 aromatic rings. The highest BCUT2D eigenvalue weighted by atomic mass is 35.5. The van der Waals surface area contributed by atoms with Crippen LogP contribution < -0.4 is 19.5 Å². The van der Waals surface area contributed by atoms with Gasteiger partial charge >= 0.3 is 0 Å². The molecule has 1 heterocycles. The second kappa shape index (κ2) is 8.99. The Hall–Kier alpha value is -2.40. The van der Waals surface area contributed by atoms with E-state index >= 15 is 0 Å². The van der Waals surface area contributed by atoms with E-state index < -0.39 is 0 Å². The lowest BCUT2D eigenvalue weighted by Gasteiger charge is -2.48. The van der Waals surface area contributed by atoms with Crippen molar-refractivity contribution in [3.05, 3.63) is 52.5 Å². The minimum Gasteiger partial charge on any atom is -0.493 e. The first kappa shape index (κ1) is 21.8. The lowest BCUT2D eigenvalue weighted by atomic mass is 9.73. The molecule has 31 heavy (non-hydrogen) atoms. The molecule has 0 radical (unpaired) electrons. The van der Waals surface area contributed by atoms with Gasteiger partial charge in [0.2, 0.25) is 5.91 Å². The minimum absolute atomic E-state index is 0.00520. The van der Waals surface area contributed by atoms with Gasteiger partial charge in [-0.3, -0.25) is 4.79 Å². The monoisotopic (exact) mass is 443 g/mol. The lowest BCUT2D eigenvalue weighted by molar-refractivity contribution is -0.123. The second-order valence-electron chi connectivity index (χ2n) is 8.76. The number of carbonyl (C=O) groups is 1. The Labute approximate surface area is 189 Å². The van der Waals surface area contributed by atoms with Crippen LogP contribution in [0.1, 0.15) is 63.1 Å². The molecule has 4 rings (SSSR count). The summed E-state index contributed by atoms with van der Waals surface area (Å²) in [5.74, 6) is 2.24. The summed E-state index contributed by atoms with van der Waals surface area (Å²) in [4.78, 5) is 12.9. The van der Waals surface area contributed by atoms with Crippen molar-refractivity contribution >= 4 is 17.5 Å². The van der Waals surface area contributed by atoms with Crippen molar-refractivity contribution in [2.75, 3.05) is 7.11 Å². The topological polar surface area (TPSA) is 56.8 Å². The number of nitrogens with one attached hydrogen (secondary N) is 1. The summed E-state index contributed by atoms with van der Waals surface area (Å²) in [6.07, 6.45) is 4.96.